The lowest BCUT2D eigenvalue weighted by atomic mass is 10.2. The molecule has 0 saturated carbocycles. The molecule has 1 amide bonds. The molecule has 1 N–H and O–H groups in total. The maximum absolute atomic E-state index is 13.9. The molecule has 0 spiro atoms. The Balaban J connectivity index is 1.42. The van der Waals surface area contributed by atoms with Crippen molar-refractivity contribution in [1.82, 2.24) is 19.6 Å². The van der Waals surface area contributed by atoms with Gasteiger partial charge in [0.1, 0.15) is 18.2 Å². The first-order chi connectivity index (χ1) is 14.9. The van der Waals surface area contributed by atoms with E-state index in [9.17, 15) is 19.3 Å². The molecule has 4 aromatic rings. The number of nitro groups is 1. The van der Waals surface area contributed by atoms with Crippen LogP contribution in [0.15, 0.2) is 54.2 Å². The second-order valence-electron chi connectivity index (χ2n) is 6.85. The minimum Gasteiger partial charge on any atom is -0.304 e. The molecule has 0 fully saturated rings. The van der Waals surface area contributed by atoms with Gasteiger partial charge in [0.05, 0.1) is 22.9 Å². The van der Waals surface area contributed by atoms with Crippen molar-refractivity contribution in [2.75, 3.05) is 5.32 Å². The Morgan fingerprint density at radius 3 is 2.84 bits per heavy atom. The summed E-state index contributed by atoms with van der Waals surface area (Å²) in [6, 6.07) is 9.90. The zero-order valence-electron chi connectivity index (χ0n) is 16.4. The van der Waals surface area contributed by atoms with E-state index < -0.39 is 4.92 Å². The van der Waals surface area contributed by atoms with Crippen LogP contribution in [-0.4, -0.2) is 30.4 Å². The number of nitrogens with one attached hydrogen (secondary N) is 1. The molecule has 0 aliphatic heterocycles. The van der Waals surface area contributed by atoms with E-state index >= 15 is 0 Å². The SMILES string of the molecule is Cc1cc(NC(=O)c2cc(Cn3cc([N+](=O)[O-])cn3)cs2)nn1Cc1ccccc1F. The minimum atomic E-state index is -0.511. The molecule has 0 bridgehead atoms. The number of nitrogens with zero attached hydrogens (tertiary/aromatic N) is 5. The van der Waals surface area contributed by atoms with E-state index in [1.165, 1.54) is 34.5 Å². The Hall–Kier alpha value is -3.86. The maximum atomic E-state index is 13.9. The normalized spacial score (nSPS) is 10.9. The van der Waals surface area contributed by atoms with Crippen LogP contribution >= 0.6 is 11.3 Å². The first-order valence-corrected chi connectivity index (χ1v) is 10.1. The number of rotatable bonds is 7. The van der Waals surface area contributed by atoms with Gasteiger partial charge in [-0.15, -0.1) is 11.3 Å². The number of anilines is 1. The summed E-state index contributed by atoms with van der Waals surface area (Å²) < 4.78 is 17.0. The van der Waals surface area contributed by atoms with Crippen molar-refractivity contribution >= 4 is 28.7 Å². The number of aryl methyl sites for hydroxylation is 1. The number of amides is 1. The van der Waals surface area contributed by atoms with Crippen molar-refractivity contribution in [1.29, 1.82) is 0 Å². The number of benzene rings is 1. The fourth-order valence-corrected chi connectivity index (χ4v) is 3.79. The van der Waals surface area contributed by atoms with Crippen molar-refractivity contribution < 1.29 is 14.1 Å². The number of hydrogen-bond acceptors (Lipinski definition) is 6. The average molecular weight is 440 g/mol. The lowest BCUT2D eigenvalue weighted by molar-refractivity contribution is -0.385. The average Bonchev–Trinajstić information content (AvgIpc) is 3.45. The minimum absolute atomic E-state index is 0.0884. The van der Waals surface area contributed by atoms with E-state index in [0.29, 0.717) is 22.8 Å². The largest absolute Gasteiger partial charge is 0.307 e. The van der Waals surface area contributed by atoms with Crippen molar-refractivity contribution in [3.63, 3.8) is 0 Å². The molecule has 0 atom stereocenters. The van der Waals surface area contributed by atoms with Gasteiger partial charge in [0.2, 0.25) is 0 Å². The molecule has 0 unspecified atom stereocenters. The Labute approximate surface area is 179 Å². The predicted molar refractivity (Wildman–Crippen MR) is 113 cm³/mol. The van der Waals surface area contributed by atoms with Crippen LogP contribution in [0.25, 0.3) is 0 Å². The number of aromatic nitrogens is 4. The molecule has 9 nitrogen and oxygen atoms in total. The van der Waals surface area contributed by atoms with Crippen LogP contribution in [0.3, 0.4) is 0 Å². The van der Waals surface area contributed by atoms with Crippen LogP contribution in [0.5, 0.6) is 0 Å². The van der Waals surface area contributed by atoms with Gasteiger partial charge in [-0.2, -0.15) is 10.2 Å². The highest BCUT2D eigenvalue weighted by atomic mass is 32.1. The van der Waals surface area contributed by atoms with Gasteiger partial charge in [-0.25, -0.2) is 4.39 Å². The van der Waals surface area contributed by atoms with Crippen molar-refractivity contribution in [3.05, 3.63) is 91.8 Å². The first-order valence-electron chi connectivity index (χ1n) is 9.22. The third-order valence-electron chi connectivity index (χ3n) is 4.55. The van der Waals surface area contributed by atoms with Crippen LogP contribution in [0.4, 0.5) is 15.9 Å². The summed E-state index contributed by atoms with van der Waals surface area (Å²) in [6.07, 6.45) is 2.52. The van der Waals surface area contributed by atoms with Crippen LogP contribution < -0.4 is 5.32 Å². The second-order valence-corrected chi connectivity index (χ2v) is 7.76. The van der Waals surface area contributed by atoms with Crippen LogP contribution in [0.1, 0.15) is 26.5 Å². The summed E-state index contributed by atoms with van der Waals surface area (Å²) in [5.74, 6) is -0.258. The molecule has 11 heteroatoms. The van der Waals surface area contributed by atoms with Crippen LogP contribution in [-0.2, 0) is 13.1 Å². The Morgan fingerprint density at radius 1 is 1.29 bits per heavy atom. The Bertz CT molecular complexity index is 1260. The monoisotopic (exact) mass is 440 g/mol. The van der Waals surface area contributed by atoms with Gasteiger partial charge in [0.15, 0.2) is 5.82 Å². The van der Waals surface area contributed by atoms with Gasteiger partial charge in [-0.1, -0.05) is 18.2 Å². The molecule has 1 aromatic carbocycles. The van der Waals surface area contributed by atoms with Gasteiger partial charge >= 0.3 is 5.69 Å². The lowest BCUT2D eigenvalue weighted by Crippen LogP contribution is -2.12. The zero-order chi connectivity index (χ0) is 22.0. The summed E-state index contributed by atoms with van der Waals surface area (Å²) in [4.78, 5) is 23.3. The highest BCUT2D eigenvalue weighted by molar-refractivity contribution is 7.12. The van der Waals surface area contributed by atoms with E-state index in [1.54, 1.807) is 40.4 Å². The summed E-state index contributed by atoms with van der Waals surface area (Å²) in [6.45, 7) is 2.40. The molecule has 158 valence electrons. The Kier molecular flexibility index (Phi) is 5.58. The topological polar surface area (TPSA) is 108 Å². The lowest BCUT2D eigenvalue weighted by Gasteiger charge is -2.05. The van der Waals surface area contributed by atoms with Gasteiger partial charge in [-0.3, -0.25) is 24.3 Å². The molecule has 3 heterocycles. The van der Waals surface area contributed by atoms with Crippen molar-refractivity contribution in [3.8, 4) is 0 Å². The van der Waals surface area contributed by atoms with E-state index in [0.717, 1.165) is 11.3 Å². The van der Waals surface area contributed by atoms with Crippen LogP contribution in [0.2, 0.25) is 0 Å². The molecule has 0 saturated heterocycles. The zero-order valence-corrected chi connectivity index (χ0v) is 17.2. The molecular weight excluding hydrogens is 423 g/mol. The van der Waals surface area contributed by atoms with Gasteiger partial charge in [0, 0.05) is 17.3 Å². The molecule has 4 rings (SSSR count). The standard InChI is InChI=1S/C20H17FN6O3S/c1-13-6-19(24-26(13)10-15-4-2-3-5-17(15)21)23-20(28)18-7-14(12-31-18)9-25-11-16(8-22-25)27(29)30/h2-8,11-12H,9-10H2,1H3,(H,23,24,28). The maximum Gasteiger partial charge on any atom is 0.307 e. The number of carbonyl (C=O) groups excluding carboxylic acids is 1. The number of carbonyl (C=O) groups is 1. The molecule has 0 aliphatic carbocycles. The van der Waals surface area contributed by atoms with E-state index in [-0.39, 0.29) is 24.0 Å². The van der Waals surface area contributed by atoms with Crippen LogP contribution in [0, 0.1) is 22.9 Å². The summed E-state index contributed by atoms with van der Waals surface area (Å²) in [7, 11) is 0. The molecule has 31 heavy (non-hydrogen) atoms. The third-order valence-corrected chi connectivity index (χ3v) is 5.53. The predicted octanol–water partition coefficient (Wildman–Crippen LogP) is 3.85. The van der Waals surface area contributed by atoms with Gasteiger partial charge < -0.3 is 5.32 Å². The smallest absolute Gasteiger partial charge is 0.304 e. The van der Waals surface area contributed by atoms with E-state index in [4.69, 9.17) is 0 Å². The summed E-state index contributed by atoms with van der Waals surface area (Å²) in [5.41, 5.74) is 2.00. The second kappa shape index (κ2) is 8.48. The van der Waals surface area contributed by atoms with E-state index in [1.807, 2.05) is 6.92 Å². The van der Waals surface area contributed by atoms with Crippen molar-refractivity contribution in [2.45, 2.75) is 20.0 Å². The molecular formula is C20H17FN6O3S. The van der Waals surface area contributed by atoms with Gasteiger partial charge in [0.25, 0.3) is 5.91 Å². The molecule has 0 aliphatic rings. The van der Waals surface area contributed by atoms with Gasteiger partial charge in [-0.05, 0) is 30.0 Å². The fourth-order valence-electron chi connectivity index (χ4n) is 3.00. The molecule has 0 radical (unpaired) electrons. The number of hydrogen-bond donors (Lipinski definition) is 1. The van der Waals surface area contributed by atoms with E-state index in [2.05, 4.69) is 15.5 Å². The molecule has 3 aromatic heterocycles. The Morgan fingerprint density at radius 2 is 2.10 bits per heavy atom. The number of halogens is 1. The summed E-state index contributed by atoms with van der Waals surface area (Å²) in [5, 5.41) is 23.6. The number of thiophene rings is 1. The van der Waals surface area contributed by atoms with Crippen molar-refractivity contribution in [2.24, 2.45) is 0 Å². The quantitative estimate of drug-likeness (QED) is 0.347. The summed E-state index contributed by atoms with van der Waals surface area (Å²) >= 11 is 1.25. The first kappa shape index (κ1) is 20.4. The fraction of sp³-hybridized carbons (Fsp3) is 0.150. The highest BCUT2D eigenvalue weighted by Gasteiger charge is 2.15. The third kappa shape index (κ3) is 4.67. The highest BCUT2D eigenvalue weighted by Crippen LogP contribution is 2.19.